The highest BCUT2D eigenvalue weighted by molar-refractivity contribution is 6.35. The maximum atomic E-state index is 13.8. The predicted molar refractivity (Wildman–Crippen MR) is 117 cm³/mol. The van der Waals surface area contributed by atoms with Gasteiger partial charge >= 0.3 is 0 Å². The third-order valence-electron chi connectivity index (χ3n) is 6.35. The van der Waals surface area contributed by atoms with Gasteiger partial charge in [-0.3, -0.25) is 9.59 Å². The van der Waals surface area contributed by atoms with Crippen molar-refractivity contribution < 1.29 is 23.8 Å². The molecule has 0 aromatic heterocycles. The molecule has 1 saturated carbocycles. The van der Waals surface area contributed by atoms with E-state index in [1.54, 1.807) is 6.07 Å². The second kappa shape index (κ2) is 8.52. The van der Waals surface area contributed by atoms with Crippen molar-refractivity contribution >= 4 is 23.2 Å². The van der Waals surface area contributed by atoms with Gasteiger partial charge in [0, 0.05) is 43.8 Å². The van der Waals surface area contributed by atoms with Crippen LogP contribution in [0, 0.1) is 11.8 Å². The second-order valence-electron chi connectivity index (χ2n) is 8.18. The van der Waals surface area contributed by atoms with Gasteiger partial charge in [-0.15, -0.1) is 0 Å². The van der Waals surface area contributed by atoms with Crippen molar-refractivity contribution in [2.75, 3.05) is 20.8 Å². The first kappa shape index (κ1) is 21.7. The van der Waals surface area contributed by atoms with E-state index in [4.69, 9.17) is 25.8 Å². The molecule has 7 heteroatoms. The fourth-order valence-corrected chi connectivity index (χ4v) is 5.09. The predicted octanol–water partition coefficient (Wildman–Crippen LogP) is 4.08. The minimum absolute atomic E-state index is 0.132. The van der Waals surface area contributed by atoms with E-state index in [9.17, 15) is 9.59 Å². The number of nitrogens with one attached hydrogen (secondary N) is 1. The van der Waals surface area contributed by atoms with Gasteiger partial charge in [-0.05, 0) is 5.56 Å². The largest absolute Gasteiger partial charge is 0.496 e. The molecule has 6 nitrogen and oxygen atoms in total. The van der Waals surface area contributed by atoms with Crippen LogP contribution in [0.15, 0.2) is 36.4 Å². The van der Waals surface area contributed by atoms with Crippen molar-refractivity contribution in [1.82, 2.24) is 5.32 Å². The standard InChI is InChI=1S/C24H26ClNO5/c1-14-9-17(27)10-16(13-26-12-15-7-5-4-6-8-15)24(14)23(28)20-18(29-2)11-19(30-3)21(25)22(20)31-24/h4-8,11,14,16,26H,9-10,12-13H2,1-3H3/t14-,16?,24?/m1/s1. The molecule has 2 aromatic rings. The van der Waals surface area contributed by atoms with Crippen LogP contribution in [0.3, 0.4) is 0 Å². The van der Waals surface area contributed by atoms with Crippen molar-refractivity contribution in [1.29, 1.82) is 0 Å². The number of carbonyl (C=O) groups is 2. The van der Waals surface area contributed by atoms with Crippen molar-refractivity contribution in [3.05, 3.63) is 52.5 Å². The van der Waals surface area contributed by atoms with E-state index in [0.717, 1.165) is 5.56 Å². The Morgan fingerprint density at radius 1 is 1.13 bits per heavy atom. The van der Waals surface area contributed by atoms with Crippen LogP contribution in [0.1, 0.15) is 35.7 Å². The Morgan fingerprint density at radius 3 is 2.52 bits per heavy atom. The van der Waals surface area contributed by atoms with E-state index in [0.29, 0.717) is 30.2 Å². The Labute approximate surface area is 186 Å². The lowest BCUT2D eigenvalue weighted by Crippen LogP contribution is -2.59. The topological polar surface area (TPSA) is 73.9 Å². The SMILES string of the molecule is COc1cc(OC)c2c(c1Cl)OC1(C2=O)C(CNCc2ccccc2)CC(=O)C[C@H]1C. The highest BCUT2D eigenvalue weighted by atomic mass is 35.5. The molecule has 31 heavy (non-hydrogen) atoms. The van der Waals surface area contributed by atoms with Crippen LogP contribution >= 0.6 is 11.6 Å². The average molecular weight is 444 g/mol. The molecular weight excluding hydrogens is 418 g/mol. The number of carbonyl (C=O) groups excluding carboxylic acids is 2. The molecule has 1 spiro atoms. The summed E-state index contributed by atoms with van der Waals surface area (Å²) in [5.41, 5.74) is 0.272. The Hall–Kier alpha value is -2.57. The lowest BCUT2D eigenvalue weighted by molar-refractivity contribution is -0.129. The Balaban J connectivity index is 1.68. The van der Waals surface area contributed by atoms with Crippen molar-refractivity contribution in [3.8, 4) is 17.2 Å². The summed E-state index contributed by atoms with van der Waals surface area (Å²) in [7, 11) is 2.99. The number of halogens is 1. The molecule has 2 unspecified atom stereocenters. The number of ether oxygens (including phenoxy) is 3. The first-order chi connectivity index (χ1) is 14.9. The summed E-state index contributed by atoms with van der Waals surface area (Å²) in [5.74, 6) is 0.321. The molecule has 1 fully saturated rings. The lowest BCUT2D eigenvalue weighted by atomic mass is 9.66. The summed E-state index contributed by atoms with van der Waals surface area (Å²) in [5, 5.41) is 3.64. The van der Waals surface area contributed by atoms with E-state index in [1.807, 2.05) is 37.3 Å². The zero-order valence-electron chi connectivity index (χ0n) is 17.9. The summed E-state index contributed by atoms with van der Waals surface area (Å²) in [6.07, 6.45) is 0.551. The molecule has 0 bridgehead atoms. The summed E-state index contributed by atoms with van der Waals surface area (Å²) in [6.45, 7) is 2.99. The van der Waals surface area contributed by atoms with Crippen LogP contribution in [-0.4, -0.2) is 37.9 Å². The smallest absolute Gasteiger partial charge is 0.214 e. The molecule has 1 aliphatic carbocycles. The maximum absolute atomic E-state index is 13.8. The molecule has 1 N–H and O–H groups in total. The first-order valence-electron chi connectivity index (χ1n) is 10.4. The maximum Gasteiger partial charge on any atom is 0.214 e. The number of hydrogen-bond donors (Lipinski definition) is 1. The molecule has 1 aliphatic heterocycles. The number of benzene rings is 2. The van der Waals surface area contributed by atoms with Crippen LogP contribution in [0.25, 0.3) is 0 Å². The molecule has 4 rings (SSSR count). The number of hydrogen-bond acceptors (Lipinski definition) is 6. The highest BCUT2D eigenvalue weighted by Gasteiger charge is 2.61. The van der Waals surface area contributed by atoms with E-state index in [1.165, 1.54) is 14.2 Å². The molecule has 0 radical (unpaired) electrons. The van der Waals surface area contributed by atoms with Crippen molar-refractivity contribution in [2.24, 2.45) is 11.8 Å². The number of fused-ring (bicyclic) bond motifs is 1. The number of rotatable bonds is 6. The molecule has 164 valence electrons. The molecule has 1 heterocycles. The quantitative estimate of drug-likeness (QED) is 0.725. The Morgan fingerprint density at radius 2 is 1.84 bits per heavy atom. The fraction of sp³-hybridized carbons (Fsp3) is 0.417. The molecule has 0 saturated heterocycles. The summed E-state index contributed by atoms with van der Waals surface area (Å²) in [4.78, 5) is 26.3. The summed E-state index contributed by atoms with van der Waals surface area (Å²) in [6, 6.07) is 11.6. The third kappa shape index (κ3) is 3.58. The van der Waals surface area contributed by atoms with Gasteiger partial charge in [-0.1, -0.05) is 48.9 Å². The zero-order valence-corrected chi connectivity index (χ0v) is 18.6. The van der Waals surface area contributed by atoms with Gasteiger partial charge in [-0.25, -0.2) is 0 Å². The van der Waals surface area contributed by atoms with E-state index in [-0.39, 0.29) is 47.0 Å². The molecule has 2 aliphatic rings. The van der Waals surface area contributed by atoms with Crippen molar-refractivity contribution in [2.45, 2.75) is 31.9 Å². The first-order valence-corrected chi connectivity index (χ1v) is 10.7. The minimum atomic E-state index is -1.18. The number of methoxy groups -OCH3 is 2. The average Bonchev–Trinajstić information content (AvgIpc) is 3.08. The van der Waals surface area contributed by atoms with Crippen LogP contribution < -0.4 is 19.5 Å². The Bertz CT molecular complexity index is 1010. The third-order valence-corrected chi connectivity index (χ3v) is 6.71. The van der Waals surface area contributed by atoms with Crippen LogP contribution in [0.2, 0.25) is 5.02 Å². The van der Waals surface area contributed by atoms with Crippen LogP contribution in [-0.2, 0) is 11.3 Å². The normalized spacial score (nSPS) is 24.8. The minimum Gasteiger partial charge on any atom is -0.496 e. The van der Waals surface area contributed by atoms with Crippen LogP contribution in [0.5, 0.6) is 17.2 Å². The molecular formula is C24H26ClNO5. The van der Waals surface area contributed by atoms with Gasteiger partial charge in [0.15, 0.2) is 11.4 Å². The van der Waals surface area contributed by atoms with E-state index in [2.05, 4.69) is 5.32 Å². The Kier molecular flexibility index (Phi) is 5.95. The fourth-order valence-electron chi connectivity index (χ4n) is 4.83. The highest BCUT2D eigenvalue weighted by Crippen LogP contribution is 2.55. The van der Waals surface area contributed by atoms with Gasteiger partial charge in [0.2, 0.25) is 5.78 Å². The summed E-state index contributed by atoms with van der Waals surface area (Å²) >= 11 is 6.52. The van der Waals surface area contributed by atoms with Crippen molar-refractivity contribution in [3.63, 3.8) is 0 Å². The molecule has 3 atom stereocenters. The monoisotopic (exact) mass is 443 g/mol. The molecule has 0 amide bonds. The van der Waals surface area contributed by atoms with E-state index < -0.39 is 5.60 Å². The number of ketones is 2. The van der Waals surface area contributed by atoms with Gasteiger partial charge in [0.05, 0.1) is 14.2 Å². The van der Waals surface area contributed by atoms with Crippen LogP contribution in [0.4, 0.5) is 0 Å². The lowest BCUT2D eigenvalue weighted by Gasteiger charge is -2.43. The zero-order chi connectivity index (χ0) is 22.2. The van der Waals surface area contributed by atoms with E-state index >= 15 is 0 Å². The van der Waals surface area contributed by atoms with Gasteiger partial charge in [0.1, 0.15) is 27.9 Å². The second-order valence-corrected chi connectivity index (χ2v) is 8.56. The number of Topliss-reactive ketones (excluding diaryl/α,β-unsaturated/α-hetero) is 2. The molecule has 2 aromatic carbocycles. The van der Waals surface area contributed by atoms with Gasteiger partial charge in [-0.2, -0.15) is 0 Å². The van der Waals surface area contributed by atoms with Gasteiger partial charge in [0.25, 0.3) is 0 Å². The summed E-state index contributed by atoms with van der Waals surface area (Å²) < 4.78 is 17.2. The van der Waals surface area contributed by atoms with Gasteiger partial charge < -0.3 is 19.5 Å².